The lowest BCUT2D eigenvalue weighted by molar-refractivity contribution is 0.0971. The number of benzene rings is 2. The Morgan fingerprint density at radius 1 is 1.07 bits per heavy atom. The van der Waals surface area contributed by atoms with Crippen LogP contribution in [0.4, 0.5) is 5.69 Å². The van der Waals surface area contributed by atoms with E-state index in [0.717, 1.165) is 11.1 Å². The third kappa shape index (κ3) is 4.03. The number of hydrogen-bond acceptors (Lipinski definition) is 4. The van der Waals surface area contributed by atoms with Crippen LogP contribution in [0.3, 0.4) is 0 Å². The minimum absolute atomic E-state index is 0.0452. The van der Waals surface area contributed by atoms with Crippen molar-refractivity contribution in [3.8, 4) is 5.75 Å². The van der Waals surface area contributed by atoms with E-state index in [1.807, 2.05) is 36.4 Å². The van der Waals surface area contributed by atoms with E-state index < -0.39 is 11.5 Å². The summed E-state index contributed by atoms with van der Waals surface area (Å²) < 4.78 is 5.45. The van der Waals surface area contributed by atoms with Crippen molar-refractivity contribution < 1.29 is 14.3 Å². The fourth-order valence-corrected chi connectivity index (χ4v) is 3.75. The zero-order valence-corrected chi connectivity index (χ0v) is 16.7. The number of carbonyl (C=O) groups excluding carboxylic acids is 2. The Morgan fingerprint density at radius 2 is 1.87 bits per heavy atom. The highest BCUT2D eigenvalue weighted by Crippen LogP contribution is 2.26. The van der Waals surface area contributed by atoms with Crippen LogP contribution in [0.2, 0.25) is 0 Å². The van der Waals surface area contributed by atoms with Crippen molar-refractivity contribution in [3.05, 3.63) is 92.9 Å². The maximum absolute atomic E-state index is 12.8. The molecule has 3 aromatic rings. The van der Waals surface area contributed by atoms with Crippen LogP contribution < -0.4 is 15.6 Å². The summed E-state index contributed by atoms with van der Waals surface area (Å²) in [6.45, 7) is 0. The SMILES string of the molecule is COc1ccc(NC(=O)c2cc3c([nH]c2=O)CCCC3=O)cc1Cc1ccccc1. The summed E-state index contributed by atoms with van der Waals surface area (Å²) >= 11 is 0. The van der Waals surface area contributed by atoms with Gasteiger partial charge in [0.25, 0.3) is 11.5 Å². The van der Waals surface area contributed by atoms with Gasteiger partial charge in [-0.15, -0.1) is 0 Å². The molecule has 1 aliphatic carbocycles. The number of ether oxygens (including phenoxy) is 1. The Kier molecular flexibility index (Phi) is 5.48. The van der Waals surface area contributed by atoms with Crippen LogP contribution in [0.25, 0.3) is 0 Å². The van der Waals surface area contributed by atoms with Crippen LogP contribution in [0.15, 0.2) is 59.4 Å². The second-order valence-corrected chi connectivity index (χ2v) is 7.32. The van der Waals surface area contributed by atoms with E-state index >= 15 is 0 Å². The zero-order chi connectivity index (χ0) is 21.1. The summed E-state index contributed by atoms with van der Waals surface area (Å²) in [4.78, 5) is 40.0. The van der Waals surface area contributed by atoms with Crippen molar-refractivity contribution >= 4 is 17.4 Å². The van der Waals surface area contributed by atoms with E-state index in [9.17, 15) is 14.4 Å². The normalized spacial score (nSPS) is 12.9. The predicted octanol–water partition coefficient (Wildman–Crippen LogP) is 3.75. The van der Waals surface area contributed by atoms with Crippen molar-refractivity contribution in [2.45, 2.75) is 25.7 Å². The predicted molar refractivity (Wildman–Crippen MR) is 115 cm³/mol. The molecule has 6 nitrogen and oxygen atoms in total. The number of H-pyrrole nitrogens is 1. The van der Waals surface area contributed by atoms with E-state index in [4.69, 9.17) is 4.74 Å². The number of fused-ring (bicyclic) bond motifs is 1. The van der Waals surface area contributed by atoms with Gasteiger partial charge < -0.3 is 15.0 Å². The van der Waals surface area contributed by atoms with Gasteiger partial charge in [0.15, 0.2) is 5.78 Å². The van der Waals surface area contributed by atoms with Gasteiger partial charge in [-0.1, -0.05) is 30.3 Å². The Labute approximate surface area is 173 Å². The highest BCUT2D eigenvalue weighted by molar-refractivity contribution is 6.06. The first-order valence-corrected chi connectivity index (χ1v) is 9.87. The van der Waals surface area contributed by atoms with Crippen LogP contribution in [0.5, 0.6) is 5.75 Å². The van der Waals surface area contributed by atoms with E-state index in [2.05, 4.69) is 10.3 Å². The molecule has 2 aromatic carbocycles. The minimum atomic E-state index is -0.548. The molecule has 152 valence electrons. The first-order chi connectivity index (χ1) is 14.5. The molecule has 0 atom stereocenters. The molecule has 1 aromatic heterocycles. The number of hydrogen-bond donors (Lipinski definition) is 2. The Balaban J connectivity index is 1.61. The lowest BCUT2D eigenvalue weighted by Crippen LogP contribution is -2.27. The topological polar surface area (TPSA) is 88.3 Å². The number of methoxy groups -OCH3 is 1. The summed E-state index contributed by atoms with van der Waals surface area (Å²) in [6.07, 6.45) is 2.42. The van der Waals surface area contributed by atoms with E-state index in [1.165, 1.54) is 6.07 Å². The number of aryl methyl sites for hydroxylation is 1. The third-order valence-electron chi connectivity index (χ3n) is 5.27. The lowest BCUT2D eigenvalue weighted by Gasteiger charge is -2.15. The molecule has 0 aliphatic heterocycles. The second kappa shape index (κ2) is 8.37. The molecule has 0 bridgehead atoms. The first kappa shape index (κ1) is 19.6. The van der Waals surface area contributed by atoms with Gasteiger partial charge in [0.05, 0.1) is 7.11 Å². The van der Waals surface area contributed by atoms with Gasteiger partial charge in [0.2, 0.25) is 0 Å². The number of pyridine rings is 1. The molecule has 0 saturated carbocycles. The quantitative estimate of drug-likeness (QED) is 0.680. The van der Waals surface area contributed by atoms with Crippen molar-refractivity contribution in [1.82, 2.24) is 4.98 Å². The number of nitrogens with one attached hydrogen (secondary N) is 2. The summed E-state index contributed by atoms with van der Waals surface area (Å²) in [5, 5.41) is 2.77. The van der Waals surface area contributed by atoms with Crippen LogP contribution in [-0.2, 0) is 12.8 Å². The molecule has 30 heavy (non-hydrogen) atoms. The van der Waals surface area contributed by atoms with Gasteiger partial charge in [-0.05, 0) is 42.7 Å². The number of aromatic amines is 1. The molecule has 2 N–H and O–H groups in total. The van der Waals surface area contributed by atoms with Crippen LogP contribution in [-0.4, -0.2) is 23.8 Å². The molecule has 0 fully saturated rings. The maximum atomic E-state index is 12.8. The van der Waals surface area contributed by atoms with Crippen LogP contribution in [0, 0.1) is 0 Å². The van der Waals surface area contributed by atoms with Gasteiger partial charge in [0, 0.05) is 35.3 Å². The summed E-state index contributed by atoms with van der Waals surface area (Å²) in [5.74, 6) is 0.124. The Morgan fingerprint density at radius 3 is 2.63 bits per heavy atom. The van der Waals surface area contributed by atoms with Crippen molar-refractivity contribution in [3.63, 3.8) is 0 Å². The maximum Gasteiger partial charge on any atom is 0.261 e. The third-order valence-corrected chi connectivity index (χ3v) is 5.27. The molecule has 0 saturated heterocycles. The molecule has 6 heteroatoms. The second-order valence-electron chi connectivity index (χ2n) is 7.32. The zero-order valence-electron chi connectivity index (χ0n) is 16.7. The average Bonchev–Trinajstić information content (AvgIpc) is 2.74. The van der Waals surface area contributed by atoms with Crippen molar-refractivity contribution in [2.75, 3.05) is 12.4 Å². The van der Waals surface area contributed by atoms with Gasteiger partial charge in [0.1, 0.15) is 11.3 Å². The summed E-state index contributed by atoms with van der Waals surface area (Å²) in [5.41, 5.74) is 3.08. The monoisotopic (exact) mass is 402 g/mol. The molecular weight excluding hydrogens is 380 g/mol. The minimum Gasteiger partial charge on any atom is -0.496 e. The number of ketones is 1. The van der Waals surface area contributed by atoms with Crippen molar-refractivity contribution in [2.24, 2.45) is 0 Å². The number of carbonyl (C=O) groups is 2. The molecule has 0 unspecified atom stereocenters. The fourth-order valence-electron chi connectivity index (χ4n) is 3.75. The van der Waals surface area contributed by atoms with Gasteiger partial charge >= 0.3 is 0 Å². The van der Waals surface area contributed by atoms with Gasteiger partial charge in [-0.25, -0.2) is 0 Å². The number of aromatic nitrogens is 1. The molecule has 1 aliphatic rings. The summed E-state index contributed by atoms with van der Waals surface area (Å²) in [7, 11) is 1.60. The molecule has 1 amide bonds. The molecule has 0 spiro atoms. The standard InChI is InChI=1S/C24H22N2O4/c1-30-22-11-10-17(13-16(22)12-15-6-3-2-4-7-15)25-23(28)19-14-18-20(26-24(19)29)8-5-9-21(18)27/h2-4,6-7,10-11,13-14H,5,8-9,12H2,1H3,(H,25,28)(H,26,29). The number of Topliss-reactive ketones (excluding diaryl/α,β-unsaturated/α-hetero) is 1. The fraction of sp³-hybridized carbons (Fsp3) is 0.208. The Hall–Kier alpha value is -3.67. The Bertz CT molecular complexity index is 1170. The number of amides is 1. The molecule has 4 rings (SSSR count). The lowest BCUT2D eigenvalue weighted by atomic mass is 9.93. The average molecular weight is 402 g/mol. The molecular formula is C24H22N2O4. The van der Waals surface area contributed by atoms with Gasteiger partial charge in [-0.3, -0.25) is 14.4 Å². The van der Waals surface area contributed by atoms with Crippen LogP contribution >= 0.6 is 0 Å². The van der Waals surface area contributed by atoms with E-state index in [1.54, 1.807) is 19.2 Å². The largest absolute Gasteiger partial charge is 0.496 e. The van der Waals surface area contributed by atoms with Crippen LogP contribution in [0.1, 0.15) is 50.4 Å². The van der Waals surface area contributed by atoms with Gasteiger partial charge in [-0.2, -0.15) is 0 Å². The number of rotatable bonds is 5. The highest BCUT2D eigenvalue weighted by Gasteiger charge is 2.22. The van der Waals surface area contributed by atoms with E-state index in [0.29, 0.717) is 48.4 Å². The van der Waals surface area contributed by atoms with E-state index in [-0.39, 0.29) is 11.3 Å². The molecule has 1 heterocycles. The van der Waals surface area contributed by atoms with Crippen molar-refractivity contribution in [1.29, 1.82) is 0 Å². The number of anilines is 1. The first-order valence-electron chi connectivity index (χ1n) is 9.87. The molecule has 0 radical (unpaired) electrons. The highest BCUT2D eigenvalue weighted by atomic mass is 16.5. The summed E-state index contributed by atoms with van der Waals surface area (Å²) in [6, 6.07) is 16.7. The smallest absolute Gasteiger partial charge is 0.261 e.